The first-order chi connectivity index (χ1) is 11.1. The maximum absolute atomic E-state index is 12.9. The van der Waals surface area contributed by atoms with Crippen LogP contribution in [0.3, 0.4) is 0 Å². The topological polar surface area (TPSA) is 77.2 Å². The first kappa shape index (κ1) is 16.0. The van der Waals surface area contributed by atoms with Gasteiger partial charge in [0.25, 0.3) is 5.91 Å². The lowest BCUT2D eigenvalue weighted by Crippen LogP contribution is -2.37. The molecule has 1 amide bonds. The fourth-order valence-electron chi connectivity index (χ4n) is 3.11. The van der Waals surface area contributed by atoms with Crippen molar-refractivity contribution in [3.63, 3.8) is 0 Å². The minimum Gasteiger partial charge on any atom is -0.461 e. The maximum Gasteiger partial charge on any atom is 0.257 e. The Kier molecular flexibility index (Phi) is 4.66. The lowest BCUT2D eigenvalue weighted by atomic mass is 10.1. The van der Waals surface area contributed by atoms with E-state index in [1.54, 1.807) is 11.0 Å². The van der Waals surface area contributed by atoms with Crippen LogP contribution in [0.25, 0.3) is 11.0 Å². The predicted octanol–water partition coefficient (Wildman–Crippen LogP) is 0.852. The Morgan fingerprint density at radius 1 is 1.35 bits per heavy atom. The van der Waals surface area contributed by atoms with Gasteiger partial charge in [0.05, 0.1) is 18.3 Å². The van der Waals surface area contributed by atoms with Crippen LogP contribution in [0.1, 0.15) is 16.1 Å². The fourth-order valence-corrected chi connectivity index (χ4v) is 3.11. The molecular formula is C17H22N2O4. The van der Waals surface area contributed by atoms with Gasteiger partial charge < -0.3 is 19.5 Å². The molecule has 1 aromatic carbocycles. The summed E-state index contributed by atoms with van der Waals surface area (Å²) in [4.78, 5) is 16.5. The van der Waals surface area contributed by atoms with Crippen LogP contribution in [0.15, 0.2) is 28.7 Å². The number of carbonyl (C=O) groups is 1. The normalized spacial score (nSPS) is 20.0. The number of carbonyl (C=O) groups excluding carboxylic acids is 1. The van der Waals surface area contributed by atoms with Crippen molar-refractivity contribution < 1.29 is 19.4 Å². The molecule has 0 spiro atoms. The molecule has 23 heavy (non-hydrogen) atoms. The predicted molar refractivity (Wildman–Crippen MR) is 86.4 cm³/mol. The summed E-state index contributed by atoms with van der Waals surface area (Å²) in [5, 5.41) is 20.1. The molecule has 1 saturated heterocycles. The van der Waals surface area contributed by atoms with Gasteiger partial charge in [0.1, 0.15) is 11.3 Å². The van der Waals surface area contributed by atoms with Crippen LogP contribution in [-0.2, 0) is 0 Å². The highest BCUT2D eigenvalue weighted by molar-refractivity contribution is 6.05. The minimum absolute atomic E-state index is 0.0473. The first-order valence-electron chi connectivity index (χ1n) is 7.88. The van der Waals surface area contributed by atoms with Crippen molar-refractivity contribution in [2.75, 3.05) is 39.3 Å². The number of nitrogens with zero attached hydrogens (tertiary/aromatic N) is 2. The molecule has 0 unspecified atom stereocenters. The Bertz CT molecular complexity index is 697. The third-order valence-electron chi connectivity index (χ3n) is 4.19. The highest BCUT2D eigenvalue weighted by atomic mass is 16.3. The molecule has 1 aromatic heterocycles. The summed E-state index contributed by atoms with van der Waals surface area (Å²) < 4.78 is 5.68. The zero-order valence-corrected chi connectivity index (χ0v) is 13.2. The van der Waals surface area contributed by atoms with Crippen LogP contribution >= 0.6 is 0 Å². The number of fused-ring (bicyclic) bond motifs is 1. The van der Waals surface area contributed by atoms with E-state index in [2.05, 4.69) is 0 Å². The summed E-state index contributed by atoms with van der Waals surface area (Å²) in [6.07, 6.45) is -0.620. The van der Waals surface area contributed by atoms with Gasteiger partial charge in [-0.3, -0.25) is 9.69 Å². The lowest BCUT2D eigenvalue weighted by molar-refractivity contribution is 0.0661. The van der Waals surface area contributed by atoms with Gasteiger partial charge in [-0.15, -0.1) is 0 Å². The summed E-state index contributed by atoms with van der Waals surface area (Å²) in [5.74, 6) is 0.639. The Labute approximate surface area is 134 Å². The van der Waals surface area contributed by atoms with Crippen molar-refractivity contribution in [3.05, 3.63) is 35.6 Å². The van der Waals surface area contributed by atoms with E-state index in [4.69, 9.17) is 9.52 Å². The number of rotatable bonds is 3. The number of hydrogen-bond acceptors (Lipinski definition) is 5. The monoisotopic (exact) mass is 318 g/mol. The third-order valence-corrected chi connectivity index (χ3v) is 4.19. The number of aliphatic hydroxyl groups excluding tert-OH is 2. The summed E-state index contributed by atoms with van der Waals surface area (Å²) in [6, 6.07) is 7.43. The fraction of sp³-hybridized carbons (Fsp3) is 0.471. The molecule has 1 aliphatic rings. The van der Waals surface area contributed by atoms with Gasteiger partial charge in [0, 0.05) is 38.1 Å². The molecule has 1 atom stereocenters. The number of hydrogen-bond donors (Lipinski definition) is 2. The average molecular weight is 318 g/mol. The van der Waals surface area contributed by atoms with Crippen LogP contribution < -0.4 is 0 Å². The third kappa shape index (κ3) is 3.39. The summed E-state index contributed by atoms with van der Waals surface area (Å²) in [6.45, 7) is 4.32. The summed E-state index contributed by atoms with van der Waals surface area (Å²) >= 11 is 0. The Morgan fingerprint density at radius 2 is 2.17 bits per heavy atom. The smallest absolute Gasteiger partial charge is 0.257 e. The number of benzene rings is 1. The standard InChI is InChI=1S/C17H22N2O4/c1-12-9-13-3-2-4-15(16(13)23-12)17(22)19-6-5-18(7-8-20)10-14(21)11-19/h2-4,9,14,20-21H,5-8,10-11H2,1H3/t14-/m1/s1. The largest absolute Gasteiger partial charge is 0.461 e. The number of aryl methyl sites for hydroxylation is 1. The molecule has 2 aromatic rings. The molecule has 1 aliphatic heterocycles. The number of para-hydroxylation sites is 1. The zero-order chi connectivity index (χ0) is 16.4. The van der Waals surface area contributed by atoms with Gasteiger partial charge in [-0.05, 0) is 19.1 Å². The Balaban J connectivity index is 1.84. The summed E-state index contributed by atoms with van der Waals surface area (Å²) in [5.41, 5.74) is 1.12. The van der Waals surface area contributed by atoms with E-state index in [1.807, 2.05) is 30.0 Å². The van der Waals surface area contributed by atoms with Crippen molar-refractivity contribution in [2.24, 2.45) is 0 Å². The molecule has 124 valence electrons. The van der Waals surface area contributed by atoms with Gasteiger partial charge in [-0.2, -0.15) is 0 Å². The van der Waals surface area contributed by atoms with Gasteiger partial charge in [0.15, 0.2) is 0 Å². The van der Waals surface area contributed by atoms with E-state index < -0.39 is 6.10 Å². The highest BCUT2D eigenvalue weighted by Crippen LogP contribution is 2.24. The maximum atomic E-state index is 12.9. The first-order valence-corrected chi connectivity index (χ1v) is 7.88. The van der Waals surface area contributed by atoms with Gasteiger partial charge in [-0.1, -0.05) is 12.1 Å². The molecule has 6 heteroatoms. The van der Waals surface area contributed by atoms with Gasteiger partial charge in [-0.25, -0.2) is 0 Å². The number of amides is 1. The molecule has 6 nitrogen and oxygen atoms in total. The lowest BCUT2D eigenvalue weighted by Gasteiger charge is -2.21. The Morgan fingerprint density at radius 3 is 2.96 bits per heavy atom. The van der Waals surface area contributed by atoms with Crippen LogP contribution in [0.4, 0.5) is 0 Å². The second-order valence-electron chi connectivity index (χ2n) is 6.01. The summed E-state index contributed by atoms with van der Waals surface area (Å²) in [7, 11) is 0. The van der Waals surface area contributed by atoms with E-state index in [1.165, 1.54) is 0 Å². The average Bonchev–Trinajstić information content (AvgIpc) is 2.80. The molecule has 0 radical (unpaired) electrons. The van der Waals surface area contributed by atoms with Crippen molar-refractivity contribution in [1.82, 2.24) is 9.80 Å². The van der Waals surface area contributed by atoms with Crippen molar-refractivity contribution in [3.8, 4) is 0 Å². The second-order valence-corrected chi connectivity index (χ2v) is 6.01. The second kappa shape index (κ2) is 6.70. The van der Waals surface area contributed by atoms with Crippen molar-refractivity contribution >= 4 is 16.9 Å². The molecule has 0 bridgehead atoms. The van der Waals surface area contributed by atoms with Crippen LogP contribution in [0.5, 0.6) is 0 Å². The van der Waals surface area contributed by atoms with Gasteiger partial charge >= 0.3 is 0 Å². The highest BCUT2D eigenvalue weighted by Gasteiger charge is 2.26. The van der Waals surface area contributed by atoms with Gasteiger partial charge in [0.2, 0.25) is 0 Å². The molecule has 0 saturated carbocycles. The van der Waals surface area contributed by atoms with Crippen LogP contribution in [-0.4, -0.2) is 71.4 Å². The Hall–Kier alpha value is -1.89. The molecule has 1 fully saturated rings. The molecular weight excluding hydrogens is 296 g/mol. The molecule has 0 aliphatic carbocycles. The minimum atomic E-state index is -0.620. The van der Waals surface area contributed by atoms with E-state index in [0.29, 0.717) is 37.3 Å². The zero-order valence-electron chi connectivity index (χ0n) is 13.2. The molecule has 3 rings (SSSR count). The van der Waals surface area contributed by atoms with Crippen LogP contribution in [0.2, 0.25) is 0 Å². The number of β-amino-alcohol motifs (C(OH)–C–C–N with tert-alkyl or cyclic N) is 2. The van der Waals surface area contributed by atoms with E-state index in [0.717, 1.165) is 11.1 Å². The molecule has 2 heterocycles. The van der Waals surface area contributed by atoms with E-state index >= 15 is 0 Å². The molecule has 2 N–H and O–H groups in total. The van der Waals surface area contributed by atoms with Crippen molar-refractivity contribution in [1.29, 1.82) is 0 Å². The number of furan rings is 1. The van der Waals surface area contributed by atoms with E-state index in [-0.39, 0.29) is 19.1 Å². The van der Waals surface area contributed by atoms with E-state index in [9.17, 15) is 9.90 Å². The van der Waals surface area contributed by atoms with Crippen LogP contribution in [0, 0.1) is 6.92 Å². The number of aliphatic hydroxyl groups is 2. The SMILES string of the molecule is Cc1cc2cccc(C(=O)N3CCN(CCO)C[C@@H](O)C3)c2o1. The quantitative estimate of drug-likeness (QED) is 0.877. The van der Waals surface area contributed by atoms with Crippen molar-refractivity contribution in [2.45, 2.75) is 13.0 Å².